The molecule has 0 bridgehead atoms. The maximum atomic E-state index is 13.1. The van der Waals surface area contributed by atoms with E-state index in [2.05, 4.69) is 10.6 Å². The van der Waals surface area contributed by atoms with Crippen LogP contribution in [0.25, 0.3) is 0 Å². The maximum Gasteiger partial charge on any atom is 0.259 e. The molecule has 1 unspecified atom stereocenters. The lowest BCUT2D eigenvalue weighted by Gasteiger charge is -2.25. The minimum Gasteiger partial charge on any atom is -0.379 e. The summed E-state index contributed by atoms with van der Waals surface area (Å²) in [6.07, 6.45) is 0.841. The number of nitrogens with one attached hydrogen (secondary N) is 2. The van der Waals surface area contributed by atoms with Crippen LogP contribution in [0.4, 0.5) is 11.4 Å². The van der Waals surface area contributed by atoms with E-state index in [9.17, 15) is 14.4 Å². The molecule has 0 saturated carbocycles. The number of hydrogen-bond acceptors (Lipinski definition) is 4. The Morgan fingerprint density at radius 3 is 2.47 bits per heavy atom. The summed E-state index contributed by atoms with van der Waals surface area (Å²) in [5.74, 6) is -0.629. The molecule has 1 heterocycles. The van der Waals surface area contributed by atoms with Crippen molar-refractivity contribution >= 4 is 29.1 Å². The number of benzene rings is 2. The van der Waals surface area contributed by atoms with Crippen LogP contribution in [0, 0.1) is 0 Å². The summed E-state index contributed by atoms with van der Waals surface area (Å²) in [4.78, 5) is 38.9. The molecule has 30 heavy (non-hydrogen) atoms. The monoisotopic (exact) mass is 409 g/mol. The number of rotatable bonds is 8. The smallest absolute Gasteiger partial charge is 0.259 e. The molecule has 0 radical (unpaired) electrons. The molecule has 1 atom stereocenters. The van der Waals surface area contributed by atoms with E-state index in [4.69, 9.17) is 4.74 Å². The van der Waals surface area contributed by atoms with Gasteiger partial charge in [0.25, 0.3) is 5.91 Å². The van der Waals surface area contributed by atoms with Gasteiger partial charge in [0, 0.05) is 37.0 Å². The van der Waals surface area contributed by atoms with E-state index < -0.39 is 6.04 Å². The van der Waals surface area contributed by atoms with Gasteiger partial charge in [0.05, 0.1) is 6.10 Å². The number of nitrogens with zero attached hydrogens (tertiary/aromatic N) is 1. The summed E-state index contributed by atoms with van der Waals surface area (Å²) >= 11 is 0. The molecule has 0 spiro atoms. The minimum absolute atomic E-state index is 0.149. The van der Waals surface area contributed by atoms with Crippen LogP contribution < -0.4 is 15.5 Å². The maximum absolute atomic E-state index is 13.1. The first kappa shape index (κ1) is 21.5. The largest absolute Gasteiger partial charge is 0.379 e. The number of hydrogen-bond donors (Lipinski definition) is 2. The van der Waals surface area contributed by atoms with Crippen LogP contribution >= 0.6 is 0 Å². The predicted octanol–water partition coefficient (Wildman–Crippen LogP) is 3.28. The van der Waals surface area contributed by atoms with Gasteiger partial charge in [0.2, 0.25) is 11.8 Å². The Morgan fingerprint density at radius 2 is 1.80 bits per heavy atom. The van der Waals surface area contributed by atoms with Crippen LogP contribution in [0.5, 0.6) is 0 Å². The van der Waals surface area contributed by atoms with Crippen molar-refractivity contribution in [1.29, 1.82) is 0 Å². The van der Waals surface area contributed by atoms with Crippen LogP contribution in [0.2, 0.25) is 0 Å². The Hall–Kier alpha value is -3.19. The van der Waals surface area contributed by atoms with Crippen molar-refractivity contribution in [2.75, 3.05) is 23.4 Å². The normalized spacial score (nSPS) is 15.3. The van der Waals surface area contributed by atoms with Crippen LogP contribution in [-0.2, 0) is 14.3 Å². The number of carbonyl (C=O) groups excluding carboxylic acids is 3. The highest BCUT2D eigenvalue weighted by Gasteiger charge is 2.41. The summed E-state index contributed by atoms with van der Waals surface area (Å²) in [5.41, 5.74) is 2.42. The van der Waals surface area contributed by atoms with Crippen molar-refractivity contribution in [1.82, 2.24) is 5.32 Å². The minimum atomic E-state index is -0.744. The topological polar surface area (TPSA) is 87.7 Å². The zero-order chi connectivity index (χ0) is 21.7. The van der Waals surface area contributed by atoms with E-state index in [0.717, 1.165) is 0 Å². The summed E-state index contributed by atoms with van der Waals surface area (Å²) in [7, 11) is 0. The molecule has 0 aliphatic carbocycles. The molecule has 2 aromatic rings. The van der Waals surface area contributed by atoms with E-state index in [1.54, 1.807) is 36.4 Å². The van der Waals surface area contributed by atoms with Crippen molar-refractivity contribution in [3.63, 3.8) is 0 Å². The summed E-state index contributed by atoms with van der Waals surface area (Å²) in [6, 6.07) is 13.3. The number of ether oxygens (including phenoxy) is 1. The molecule has 7 heteroatoms. The molecular formula is C23H27N3O4. The molecule has 2 N–H and O–H groups in total. The summed E-state index contributed by atoms with van der Waals surface area (Å²) in [5, 5.41) is 5.63. The van der Waals surface area contributed by atoms with Gasteiger partial charge in [-0.2, -0.15) is 0 Å². The Morgan fingerprint density at radius 1 is 1.10 bits per heavy atom. The van der Waals surface area contributed by atoms with Crippen molar-refractivity contribution in [3.8, 4) is 0 Å². The average Bonchev–Trinajstić information content (AvgIpc) is 3.00. The molecule has 158 valence electrons. The number of amides is 3. The second-order valence-corrected chi connectivity index (χ2v) is 7.46. The summed E-state index contributed by atoms with van der Waals surface area (Å²) < 4.78 is 5.51. The molecule has 7 nitrogen and oxygen atoms in total. The van der Waals surface area contributed by atoms with Crippen molar-refractivity contribution in [2.45, 2.75) is 39.3 Å². The Balaban J connectivity index is 1.79. The van der Waals surface area contributed by atoms with Crippen molar-refractivity contribution < 1.29 is 19.1 Å². The quantitative estimate of drug-likeness (QED) is 0.655. The lowest BCUT2D eigenvalue weighted by molar-refractivity contribution is -0.122. The lowest BCUT2D eigenvalue weighted by atomic mass is 10.0. The third kappa shape index (κ3) is 4.86. The number of fused-ring (bicyclic) bond motifs is 1. The predicted molar refractivity (Wildman–Crippen MR) is 115 cm³/mol. The first-order valence-electron chi connectivity index (χ1n) is 10.1. The fourth-order valence-corrected chi connectivity index (χ4v) is 3.45. The Kier molecular flexibility index (Phi) is 6.84. The van der Waals surface area contributed by atoms with Crippen LogP contribution in [0.1, 0.15) is 49.2 Å². The van der Waals surface area contributed by atoms with Gasteiger partial charge in [-0.15, -0.1) is 0 Å². The first-order chi connectivity index (χ1) is 14.4. The van der Waals surface area contributed by atoms with Gasteiger partial charge in [0.1, 0.15) is 6.04 Å². The van der Waals surface area contributed by atoms with Gasteiger partial charge in [-0.05, 0) is 56.2 Å². The molecule has 0 fully saturated rings. The van der Waals surface area contributed by atoms with Crippen LogP contribution in [0.3, 0.4) is 0 Å². The number of anilines is 2. The highest BCUT2D eigenvalue weighted by atomic mass is 16.5. The molecule has 3 amide bonds. The molecule has 3 rings (SSSR count). The van der Waals surface area contributed by atoms with Gasteiger partial charge in [-0.25, -0.2) is 0 Å². The zero-order valence-electron chi connectivity index (χ0n) is 17.5. The third-order valence-corrected chi connectivity index (χ3v) is 4.75. The second kappa shape index (κ2) is 9.54. The molecular weight excluding hydrogens is 382 g/mol. The van der Waals surface area contributed by atoms with Gasteiger partial charge in [-0.3, -0.25) is 19.3 Å². The Labute approximate surface area is 176 Å². The highest BCUT2D eigenvalue weighted by molar-refractivity contribution is 6.15. The first-order valence-corrected chi connectivity index (χ1v) is 10.1. The third-order valence-electron chi connectivity index (χ3n) is 4.75. The van der Waals surface area contributed by atoms with Crippen molar-refractivity contribution in [3.05, 3.63) is 59.7 Å². The van der Waals surface area contributed by atoms with Gasteiger partial charge < -0.3 is 15.4 Å². The van der Waals surface area contributed by atoms with Gasteiger partial charge in [0.15, 0.2) is 0 Å². The fraction of sp³-hybridized carbons (Fsp3) is 0.348. The molecule has 1 aliphatic rings. The van der Waals surface area contributed by atoms with E-state index in [0.29, 0.717) is 42.1 Å². The second-order valence-electron chi connectivity index (χ2n) is 7.46. The molecule has 1 aliphatic heterocycles. The van der Waals surface area contributed by atoms with Gasteiger partial charge in [-0.1, -0.05) is 18.2 Å². The molecule has 2 aromatic carbocycles. The molecule has 0 aromatic heterocycles. The standard InChI is InChI=1S/C23H27N3O4/c1-15(2)30-14-6-13-24-22(28)21-19-7-4-5-8-20(19)23(29)26(21)18-11-9-17(10-12-18)25-16(3)27/h4-5,7-12,15,21H,6,13-14H2,1-3H3,(H,24,28)(H,25,27). The van der Waals surface area contributed by atoms with Crippen LogP contribution in [-0.4, -0.2) is 37.0 Å². The van der Waals surface area contributed by atoms with Crippen LogP contribution in [0.15, 0.2) is 48.5 Å². The van der Waals surface area contributed by atoms with E-state index >= 15 is 0 Å². The average molecular weight is 409 g/mol. The number of carbonyl (C=O) groups is 3. The van der Waals surface area contributed by atoms with E-state index in [1.165, 1.54) is 11.8 Å². The van der Waals surface area contributed by atoms with Crippen molar-refractivity contribution in [2.24, 2.45) is 0 Å². The zero-order valence-corrected chi connectivity index (χ0v) is 17.5. The lowest BCUT2D eigenvalue weighted by Crippen LogP contribution is -2.39. The van der Waals surface area contributed by atoms with Gasteiger partial charge >= 0.3 is 0 Å². The summed E-state index contributed by atoms with van der Waals surface area (Å²) in [6.45, 7) is 6.39. The van der Waals surface area contributed by atoms with E-state index in [-0.39, 0.29) is 23.8 Å². The molecule has 0 saturated heterocycles. The Bertz CT molecular complexity index is 924. The SMILES string of the molecule is CC(=O)Nc1ccc(N2C(=O)c3ccccc3C2C(=O)NCCCOC(C)C)cc1. The highest BCUT2D eigenvalue weighted by Crippen LogP contribution is 2.38. The fourth-order valence-electron chi connectivity index (χ4n) is 3.45. The van der Waals surface area contributed by atoms with E-state index in [1.807, 2.05) is 26.0 Å².